The molecule has 0 radical (unpaired) electrons. The minimum absolute atomic E-state index is 0.00762. The van der Waals surface area contributed by atoms with Crippen molar-refractivity contribution in [1.82, 2.24) is 10.2 Å². The normalized spacial score (nSPS) is 12.2. The summed E-state index contributed by atoms with van der Waals surface area (Å²) in [6.45, 7) is 6.44. The number of rotatable bonds is 11. The van der Waals surface area contributed by atoms with Crippen LogP contribution >= 0.6 is 23.2 Å². The lowest BCUT2D eigenvalue weighted by Crippen LogP contribution is -2.54. The highest BCUT2D eigenvalue weighted by Gasteiger charge is 2.33. The van der Waals surface area contributed by atoms with Crippen LogP contribution in [0.2, 0.25) is 10.0 Å². The van der Waals surface area contributed by atoms with Crippen LogP contribution in [-0.4, -0.2) is 43.3 Å². The summed E-state index contributed by atoms with van der Waals surface area (Å²) in [5.74, 6) is 0.0931. The molecule has 0 aromatic heterocycles. The predicted octanol–water partition coefficient (Wildman–Crippen LogP) is 7.31. The van der Waals surface area contributed by atoms with Gasteiger partial charge in [0.2, 0.25) is 11.8 Å². The van der Waals surface area contributed by atoms with Crippen molar-refractivity contribution in [3.8, 4) is 11.5 Å². The lowest BCUT2D eigenvalue weighted by atomic mass is 10.1. The first kappa shape index (κ1) is 33.8. The summed E-state index contributed by atoms with van der Waals surface area (Å²) in [6, 6.07) is 27.3. The monoisotopic (exact) mass is 667 g/mol. The lowest BCUT2D eigenvalue weighted by molar-refractivity contribution is -0.140. The number of nitrogens with one attached hydrogen (secondary N) is 1. The number of anilines is 1. The van der Waals surface area contributed by atoms with Crippen molar-refractivity contribution in [2.24, 2.45) is 0 Å². The standard InChI is InChI=1S/C34H35Cl2N3O5S/c1-24(33(41)37-34(2,3)4)38(22-25-15-16-26(35)21-31(25)36)32(40)23-39(45(42,43)30-13-9-6-10-14-30)27-17-19-29(20-18-27)44-28-11-7-5-8-12-28/h5-21,24H,22-23H2,1-4H3,(H,37,41). The van der Waals surface area contributed by atoms with Crippen LogP contribution in [0.15, 0.2) is 108 Å². The number of benzene rings is 4. The summed E-state index contributed by atoms with van der Waals surface area (Å²) in [4.78, 5) is 28.8. The lowest BCUT2D eigenvalue weighted by Gasteiger charge is -2.33. The Morgan fingerprint density at radius 1 is 0.844 bits per heavy atom. The SMILES string of the molecule is CC(C(=O)NC(C)(C)C)N(Cc1ccc(Cl)cc1Cl)C(=O)CN(c1ccc(Oc2ccccc2)cc1)S(=O)(=O)c1ccccc1. The second kappa shape index (κ2) is 14.4. The predicted molar refractivity (Wildman–Crippen MR) is 178 cm³/mol. The van der Waals surface area contributed by atoms with Crippen LogP contribution in [0.25, 0.3) is 0 Å². The molecule has 0 heterocycles. The highest BCUT2D eigenvalue weighted by molar-refractivity contribution is 7.92. The zero-order valence-corrected chi connectivity index (χ0v) is 27.7. The maximum atomic E-state index is 14.2. The fraction of sp³-hybridized carbons (Fsp3) is 0.235. The Balaban J connectivity index is 1.71. The Bertz CT molecular complexity index is 1730. The minimum atomic E-state index is -4.21. The van der Waals surface area contributed by atoms with Crippen LogP contribution in [0.5, 0.6) is 11.5 Å². The first-order valence-electron chi connectivity index (χ1n) is 14.2. The molecule has 2 amide bonds. The average molecular weight is 669 g/mol. The zero-order valence-electron chi connectivity index (χ0n) is 25.4. The van der Waals surface area contributed by atoms with Gasteiger partial charge in [0.05, 0.1) is 10.6 Å². The van der Waals surface area contributed by atoms with Crippen molar-refractivity contribution >= 4 is 50.7 Å². The molecule has 0 saturated carbocycles. The molecule has 1 atom stereocenters. The molecule has 1 N–H and O–H groups in total. The number of para-hydroxylation sites is 1. The number of halogens is 2. The third-order valence-corrected chi connectivity index (χ3v) is 9.11. The fourth-order valence-electron chi connectivity index (χ4n) is 4.44. The third kappa shape index (κ3) is 9.00. The average Bonchev–Trinajstić information content (AvgIpc) is 2.99. The number of hydrogen-bond donors (Lipinski definition) is 1. The molecule has 0 bridgehead atoms. The molecule has 0 fully saturated rings. The summed E-state index contributed by atoms with van der Waals surface area (Å²) in [7, 11) is -4.21. The highest BCUT2D eigenvalue weighted by Crippen LogP contribution is 2.29. The van der Waals surface area contributed by atoms with Crippen molar-refractivity contribution in [1.29, 1.82) is 0 Å². The molecule has 45 heavy (non-hydrogen) atoms. The van der Waals surface area contributed by atoms with E-state index >= 15 is 0 Å². The van der Waals surface area contributed by atoms with E-state index in [4.69, 9.17) is 27.9 Å². The van der Waals surface area contributed by atoms with Crippen molar-refractivity contribution in [2.75, 3.05) is 10.8 Å². The van der Waals surface area contributed by atoms with Crippen LogP contribution in [-0.2, 0) is 26.2 Å². The topological polar surface area (TPSA) is 96.0 Å². The maximum Gasteiger partial charge on any atom is 0.264 e. The third-order valence-electron chi connectivity index (χ3n) is 6.73. The molecule has 0 spiro atoms. The van der Waals surface area contributed by atoms with Crippen LogP contribution in [0.3, 0.4) is 0 Å². The van der Waals surface area contributed by atoms with Gasteiger partial charge in [-0.3, -0.25) is 13.9 Å². The molecule has 0 aliphatic rings. The van der Waals surface area contributed by atoms with Gasteiger partial charge in [0.1, 0.15) is 24.1 Å². The van der Waals surface area contributed by atoms with Gasteiger partial charge in [0, 0.05) is 22.1 Å². The molecule has 0 aliphatic heterocycles. The molecule has 0 aliphatic carbocycles. The van der Waals surface area contributed by atoms with Gasteiger partial charge in [-0.25, -0.2) is 8.42 Å². The van der Waals surface area contributed by atoms with Crippen LogP contribution in [0, 0.1) is 0 Å². The quantitative estimate of drug-likeness (QED) is 0.181. The second-order valence-corrected chi connectivity index (χ2v) is 14.1. The molecular weight excluding hydrogens is 633 g/mol. The van der Waals surface area contributed by atoms with Gasteiger partial charge in [-0.05, 0) is 93.9 Å². The molecular formula is C34H35Cl2N3O5S. The summed E-state index contributed by atoms with van der Waals surface area (Å²) >= 11 is 12.5. The molecule has 11 heteroatoms. The fourth-order valence-corrected chi connectivity index (χ4v) is 6.35. The maximum absolute atomic E-state index is 14.2. The van der Waals surface area contributed by atoms with E-state index in [1.807, 2.05) is 39.0 Å². The van der Waals surface area contributed by atoms with E-state index in [9.17, 15) is 18.0 Å². The van der Waals surface area contributed by atoms with Crippen molar-refractivity contribution < 1.29 is 22.7 Å². The number of nitrogens with zero attached hydrogens (tertiary/aromatic N) is 2. The Morgan fingerprint density at radius 2 is 1.42 bits per heavy atom. The Hall–Kier alpha value is -4.05. The number of hydrogen-bond acceptors (Lipinski definition) is 5. The first-order valence-corrected chi connectivity index (χ1v) is 16.4. The van der Waals surface area contributed by atoms with E-state index in [0.717, 1.165) is 4.31 Å². The van der Waals surface area contributed by atoms with Gasteiger partial charge >= 0.3 is 0 Å². The summed E-state index contributed by atoms with van der Waals surface area (Å²) in [5.41, 5.74) is 0.220. The molecule has 4 aromatic rings. The number of amides is 2. The number of sulfonamides is 1. The molecule has 1 unspecified atom stereocenters. The van der Waals surface area contributed by atoms with Gasteiger partial charge in [0.25, 0.3) is 10.0 Å². The first-order chi connectivity index (χ1) is 21.2. The van der Waals surface area contributed by atoms with Crippen molar-refractivity contribution in [3.63, 3.8) is 0 Å². The molecule has 4 aromatic carbocycles. The highest BCUT2D eigenvalue weighted by atomic mass is 35.5. The smallest absolute Gasteiger partial charge is 0.264 e. The molecule has 4 rings (SSSR count). The minimum Gasteiger partial charge on any atom is -0.457 e. The van der Waals surface area contributed by atoms with Gasteiger partial charge < -0.3 is 15.0 Å². The molecule has 8 nitrogen and oxygen atoms in total. The van der Waals surface area contributed by atoms with Gasteiger partial charge in [-0.15, -0.1) is 0 Å². The number of carbonyl (C=O) groups excluding carboxylic acids is 2. The second-order valence-electron chi connectivity index (χ2n) is 11.4. The number of ether oxygens (including phenoxy) is 1. The van der Waals surface area contributed by atoms with E-state index in [-0.39, 0.29) is 17.1 Å². The summed E-state index contributed by atoms with van der Waals surface area (Å²) < 4.78 is 34.9. The Kier molecular flexibility index (Phi) is 10.8. The summed E-state index contributed by atoms with van der Waals surface area (Å²) in [5, 5.41) is 3.63. The number of carbonyl (C=O) groups is 2. The molecule has 236 valence electrons. The van der Waals surface area contributed by atoms with E-state index in [1.165, 1.54) is 17.0 Å². The van der Waals surface area contributed by atoms with Crippen LogP contribution in [0.4, 0.5) is 5.69 Å². The van der Waals surface area contributed by atoms with E-state index in [0.29, 0.717) is 27.1 Å². The van der Waals surface area contributed by atoms with Crippen LogP contribution in [0.1, 0.15) is 33.3 Å². The van der Waals surface area contributed by atoms with Crippen molar-refractivity contribution in [2.45, 2.75) is 50.7 Å². The van der Waals surface area contributed by atoms with E-state index in [1.54, 1.807) is 79.7 Å². The Morgan fingerprint density at radius 3 is 2.00 bits per heavy atom. The van der Waals surface area contributed by atoms with E-state index in [2.05, 4.69) is 5.32 Å². The van der Waals surface area contributed by atoms with Crippen molar-refractivity contribution in [3.05, 3.63) is 119 Å². The molecule has 0 saturated heterocycles. The van der Waals surface area contributed by atoms with Gasteiger partial charge in [-0.2, -0.15) is 0 Å². The van der Waals surface area contributed by atoms with Gasteiger partial charge in [0.15, 0.2) is 0 Å². The summed E-state index contributed by atoms with van der Waals surface area (Å²) in [6.07, 6.45) is 0. The zero-order chi connectivity index (χ0) is 32.8. The Labute approximate surface area is 274 Å². The van der Waals surface area contributed by atoms with Gasteiger partial charge in [-0.1, -0.05) is 65.7 Å². The van der Waals surface area contributed by atoms with Crippen LogP contribution < -0.4 is 14.4 Å². The largest absolute Gasteiger partial charge is 0.457 e. The van der Waals surface area contributed by atoms with E-state index < -0.39 is 40.0 Å².